The summed E-state index contributed by atoms with van der Waals surface area (Å²) in [4.78, 5) is 16.8. The maximum absolute atomic E-state index is 12.5. The number of hydrogen-bond donors (Lipinski definition) is 1. The number of fused-ring (bicyclic) bond motifs is 1. The summed E-state index contributed by atoms with van der Waals surface area (Å²) in [5.41, 5.74) is 2.42. The van der Waals surface area contributed by atoms with Crippen LogP contribution >= 0.6 is 11.6 Å². The van der Waals surface area contributed by atoms with Crippen molar-refractivity contribution in [1.82, 2.24) is 9.38 Å². The normalized spacial score (nSPS) is 10.7. The van der Waals surface area contributed by atoms with Crippen molar-refractivity contribution in [1.29, 1.82) is 0 Å². The molecule has 2 aromatic heterocycles. The van der Waals surface area contributed by atoms with Gasteiger partial charge < -0.3 is 19.2 Å². The third-order valence-electron chi connectivity index (χ3n) is 3.65. The number of nitrogens with zero attached hydrogens (tertiary/aromatic N) is 2. The van der Waals surface area contributed by atoms with Crippen LogP contribution in [0, 0.1) is 6.92 Å². The molecule has 0 aliphatic rings. The minimum atomic E-state index is -0.354. The van der Waals surface area contributed by atoms with Gasteiger partial charge in [0.1, 0.15) is 11.3 Å². The molecule has 0 spiro atoms. The Morgan fingerprint density at radius 2 is 1.92 bits per heavy atom. The first-order valence-corrected chi connectivity index (χ1v) is 7.59. The number of nitrogens with one attached hydrogen (secondary N) is 1. The van der Waals surface area contributed by atoms with Gasteiger partial charge in [-0.3, -0.25) is 4.79 Å². The highest BCUT2D eigenvalue weighted by atomic mass is 35.5. The molecule has 3 aromatic rings. The lowest BCUT2D eigenvalue weighted by atomic mass is 10.2. The van der Waals surface area contributed by atoms with Crippen molar-refractivity contribution in [2.45, 2.75) is 6.92 Å². The average molecular weight is 346 g/mol. The van der Waals surface area contributed by atoms with Crippen molar-refractivity contribution in [3.8, 4) is 11.5 Å². The van der Waals surface area contributed by atoms with Gasteiger partial charge in [0.2, 0.25) is 0 Å². The fraction of sp³-hybridized carbons (Fsp3) is 0.176. The van der Waals surface area contributed by atoms with E-state index in [9.17, 15) is 4.79 Å². The van der Waals surface area contributed by atoms with Gasteiger partial charge in [0.15, 0.2) is 11.5 Å². The molecule has 2 heterocycles. The number of benzene rings is 1. The Hall–Kier alpha value is -2.73. The van der Waals surface area contributed by atoms with Crippen LogP contribution in [-0.4, -0.2) is 29.5 Å². The third-order valence-corrected chi connectivity index (χ3v) is 3.96. The second kappa shape index (κ2) is 6.41. The number of ether oxygens (including phenoxy) is 2. The quantitative estimate of drug-likeness (QED) is 0.785. The van der Waals surface area contributed by atoms with Gasteiger partial charge in [0.05, 0.1) is 24.9 Å². The molecule has 1 aromatic carbocycles. The lowest BCUT2D eigenvalue weighted by Gasteiger charge is -2.12. The van der Waals surface area contributed by atoms with E-state index < -0.39 is 0 Å². The molecule has 124 valence electrons. The predicted molar refractivity (Wildman–Crippen MR) is 92.4 cm³/mol. The van der Waals surface area contributed by atoms with Gasteiger partial charge in [0, 0.05) is 24.0 Å². The predicted octanol–water partition coefficient (Wildman–Crippen LogP) is 3.57. The van der Waals surface area contributed by atoms with Gasteiger partial charge >= 0.3 is 0 Å². The minimum Gasteiger partial charge on any atom is -0.493 e. The maximum atomic E-state index is 12.5. The first kappa shape index (κ1) is 16.1. The monoisotopic (exact) mass is 345 g/mol. The fourth-order valence-corrected chi connectivity index (χ4v) is 2.59. The van der Waals surface area contributed by atoms with E-state index in [1.807, 2.05) is 29.5 Å². The Balaban J connectivity index is 1.92. The zero-order valence-corrected chi connectivity index (χ0v) is 14.2. The largest absolute Gasteiger partial charge is 0.493 e. The molecule has 0 aliphatic heterocycles. The molecule has 0 radical (unpaired) electrons. The van der Waals surface area contributed by atoms with E-state index >= 15 is 0 Å². The number of amides is 1. The Labute approximate surface area is 144 Å². The van der Waals surface area contributed by atoms with Crippen molar-refractivity contribution >= 4 is 28.8 Å². The first-order chi connectivity index (χ1) is 11.5. The summed E-state index contributed by atoms with van der Waals surface area (Å²) in [6, 6.07) is 8.88. The lowest BCUT2D eigenvalue weighted by molar-refractivity contribution is 0.102. The van der Waals surface area contributed by atoms with Crippen LogP contribution in [0.4, 0.5) is 5.69 Å². The second-order valence-electron chi connectivity index (χ2n) is 5.16. The van der Waals surface area contributed by atoms with Gasteiger partial charge in [0.25, 0.3) is 5.91 Å². The van der Waals surface area contributed by atoms with E-state index in [1.54, 1.807) is 18.3 Å². The molecule has 6 nitrogen and oxygen atoms in total. The molecule has 7 heteroatoms. The number of hydrogen-bond acceptors (Lipinski definition) is 4. The van der Waals surface area contributed by atoms with E-state index in [1.165, 1.54) is 14.2 Å². The van der Waals surface area contributed by atoms with Crippen LogP contribution in [0.15, 0.2) is 36.5 Å². The fourth-order valence-electron chi connectivity index (χ4n) is 2.39. The number of imidazole rings is 1. The summed E-state index contributed by atoms with van der Waals surface area (Å²) in [6.07, 6.45) is 1.69. The summed E-state index contributed by atoms with van der Waals surface area (Å²) >= 11 is 6.20. The van der Waals surface area contributed by atoms with E-state index in [-0.39, 0.29) is 5.91 Å². The molecule has 0 saturated heterocycles. The molecule has 0 aliphatic carbocycles. The number of carbonyl (C=O) groups excluding carboxylic acids is 1. The van der Waals surface area contributed by atoms with Crippen LogP contribution in [0.2, 0.25) is 5.02 Å². The highest BCUT2D eigenvalue weighted by Gasteiger charge is 2.16. The number of pyridine rings is 1. The van der Waals surface area contributed by atoms with Crippen molar-refractivity contribution in [2.24, 2.45) is 0 Å². The number of methoxy groups -OCH3 is 2. The van der Waals surface area contributed by atoms with E-state index in [2.05, 4.69) is 10.3 Å². The highest BCUT2D eigenvalue weighted by Crippen LogP contribution is 2.36. The van der Waals surface area contributed by atoms with E-state index in [4.69, 9.17) is 21.1 Å². The van der Waals surface area contributed by atoms with Gasteiger partial charge in [-0.2, -0.15) is 0 Å². The highest BCUT2D eigenvalue weighted by molar-refractivity contribution is 6.34. The summed E-state index contributed by atoms with van der Waals surface area (Å²) in [5, 5.41) is 3.10. The molecule has 1 amide bonds. The zero-order valence-electron chi connectivity index (χ0n) is 13.5. The van der Waals surface area contributed by atoms with Gasteiger partial charge in [-0.15, -0.1) is 0 Å². The van der Waals surface area contributed by atoms with Crippen molar-refractivity contribution in [3.05, 3.63) is 52.9 Å². The smallest absolute Gasteiger partial charge is 0.275 e. The van der Waals surface area contributed by atoms with E-state index in [0.29, 0.717) is 33.6 Å². The van der Waals surface area contributed by atoms with Gasteiger partial charge in [-0.25, -0.2) is 4.98 Å². The standard InChI is InChI=1S/C17H16ClN3O3/c1-10-5-4-6-16-19-13(9-21(10)16)17(22)20-12-8-15(24-3)14(23-2)7-11(12)18/h4-9H,1-3H3,(H,20,22). The van der Waals surface area contributed by atoms with E-state index in [0.717, 1.165) is 5.69 Å². The summed E-state index contributed by atoms with van der Waals surface area (Å²) in [6.45, 7) is 1.95. The Morgan fingerprint density at radius 3 is 2.58 bits per heavy atom. The van der Waals surface area contributed by atoms with Crippen LogP contribution in [0.5, 0.6) is 11.5 Å². The molecule has 1 N–H and O–H groups in total. The molecule has 0 saturated carbocycles. The summed E-state index contributed by atoms with van der Waals surface area (Å²) < 4.78 is 12.3. The number of anilines is 1. The molecule has 0 fully saturated rings. The molecule has 24 heavy (non-hydrogen) atoms. The molecule has 3 rings (SSSR count). The number of halogens is 1. The lowest BCUT2D eigenvalue weighted by Crippen LogP contribution is -2.13. The Morgan fingerprint density at radius 1 is 1.21 bits per heavy atom. The SMILES string of the molecule is COc1cc(Cl)c(NC(=O)c2cn3c(C)cccc3n2)cc1OC. The van der Waals surface area contributed by atoms with Crippen molar-refractivity contribution in [2.75, 3.05) is 19.5 Å². The molecule has 0 bridgehead atoms. The molecule has 0 atom stereocenters. The number of aryl methyl sites for hydroxylation is 1. The number of rotatable bonds is 4. The van der Waals surface area contributed by atoms with Crippen LogP contribution in [0.3, 0.4) is 0 Å². The molecular weight excluding hydrogens is 330 g/mol. The summed E-state index contributed by atoms with van der Waals surface area (Å²) in [7, 11) is 3.04. The Kier molecular flexibility index (Phi) is 4.31. The first-order valence-electron chi connectivity index (χ1n) is 7.21. The van der Waals surface area contributed by atoms with Gasteiger partial charge in [-0.1, -0.05) is 17.7 Å². The maximum Gasteiger partial charge on any atom is 0.275 e. The second-order valence-corrected chi connectivity index (χ2v) is 5.57. The zero-order chi connectivity index (χ0) is 17.3. The van der Waals surface area contributed by atoms with Crippen molar-refractivity contribution < 1.29 is 14.3 Å². The number of aromatic nitrogens is 2. The van der Waals surface area contributed by atoms with Crippen molar-refractivity contribution in [3.63, 3.8) is 0 Å². The van der Waals surface area contributed by atoms with Crippen LogP contribution in [-0.2, 0) is 0 Å². The minimum absolute atomic E-state index is 0.301. The topological polar surface area (TPSA) is 64.9 Å². The molecular formula is C17H16ClN3O3. The molecule has 0 unspecified atom stereocenters. The summed E-state index contributed by atoms with van der Waals surface area (Å²) in [5.74, 6) is 0.610. The van der Waals surface area contributed by atoms with Crippen LogP contribution < -0.4 is 14.8 Å². The third kappa shape index (κ3) is 2.88. The van der Waals surface area contributed by atoms with Gasteiger partial charge in [-0.05, 0) is 19.1 Å². The van der Waals surface area contributed by atoms with Crippen LogP contribution in [0.25, 0.3) is 5.65 Å². The number of carbonyl (C=O) groups is 1. The van der Waals surface area contributed by atoms with Crippen LogP contribution in [0.1, 0.15) is 16.2 Å². The average Bonchev–Trinajstić information content (AvgIpc) is 3.02. The Bertz CT molecular complexity index is 921.